The molecule has 182 valence electrons. The van der Waals surface area contributed by atoms with Gasteiger partial charge in [0.1, 0.15) is 0 Å². The van der Waals surface area contributed by atoms with Crippen molar-refractivity contribution in [2.24, 2.45) is 0 Å². The van der Waals surface area contributed by atoms with Crippen LogP contribution in [0.3, 0.4) is 0 Å². The van der Waals surface area contributed by atoms with Gasteiger partial charge in [-0.05, 0) is 90.0 Å². The molecule has 0 radical (unpaired) electrons. The Balaban J connectivity index is 5.31. The number of halogens is 2. The van der Waals surface area contributed by atoms with Crippen LogP contribution in [0.4, 0.5) is 0 Å². The highest BCUT2D eigenvalue weighted by Crippen LogP contribution is 2.30. The summed E-state index contributed by atoms with van der Waals surface area (Å²) in [6.07, 6.45) is 0. The minimum atomic E-state index is 0.132. The first-order valence-electron chi connectivity index (χ1n) is 11.5. The second-order valence-electron chi connectivity index (χ2n) is 12.5. The van der Waals surface area contributed by atoms with Crippen LogP contribution in [0.5, 0.6) is 0 Å². The molecular formula is C24H52I2N4. The third-order valence-electron chi connectivity index (χ3n) is 5.32. The van der Waals surface area contributed by atoms with Crippen molar-refractivity contribution in [3.63, 3.8) is 0 Å². The second kappa shape index (κ2) is 11.6. The van der Waals surface area contributed by atoms with Gasteiger partial charge in [-0.1, -0.05) is 45.2 Å². The lowest BCUT2D eigenvalue weighted by Crippen LogP contribution is -2.56. The van der Waals surface area contributed by atoms with Crippen LogP contribution in [0.1, 0.15) is 90.0 Å². The van der Waals surface area contributed by atoms with Gasteiger partial charge in [-0.25, -0.2) is 0 Å². The fourth-order valence-electron chi connectivity index (χ4n) is 4.41. The molecular weight excluding hydrogens is 598 g/mol. The second-order valence-corrected chi connectivity index (χ2v) is 17.8. The Labute approximate surface area is 216 Å². The SMILES string of the molecule is CC(C)(I)NCCN(CCN(C(C)(C)C)C(C)(C)C)CCN(C(C)(C)C)C(C)(C)I. The molecule has 0 spiro atoms. The molecule has 30 heavy (non-hydrogen) atoms. The van der Waals surface area contributed by atoms with E-state index in [1.807, 2.05) is 0 Å². The van der Waals surface area contributed by atoms with Crippen LogP contribution in [-0.4, -0.2) is 77.7 Å². The molecule has 0 aromatic heterocycles. The molecule has 0 aliphatic heterocycles. The van der Waals surface area contributed by atoms with Crippen molar-refractivity contribution in [1.82, 2.24) is 20.0 Å². The zero-order valence-electron chi connectivity index (χ0n) is 22.3. The Kier molecular flexibility index (Phi) is 12.1. The summed E-state index contributed by atoms with van der Waals surface area (Å²) in [6, 6.07) is 0. The van der Waals surface area contributed by atoms with Crippen LogP contribution in [0.25, 0.3) is 0 Å². The molecule has 0 unspecified atom stereocenters. The van der Waals surface area contributed by atoms with E-state index in [-0.39, 0.29) is 23.7 Å². The molecule has 0 aliphatic rings. The number of nitrogens with zero attached hydrogens (tertiary/aromatic N) is 3. The molecule has 0 heterocycles. The van der Waals surface area contributed by atoms with Gasteiger partial charge in [-0.3, -0.25) is 14.7 Å². The molecule has 0 fully saturated rings. The monoisotopic (exact) mass is 650 g/mol. The highest BCUT2D eigenvalue weighted by molar-refractivity contribution is 14.1. The molecule has 0 saturated carbocycles. The number of hydrogen-bond donors (Lipinski definition) is 1. The maximum absolute atomic E-state index is 3.66. The zero-order chi connectivity index (χ0) is 24.2. The van der Waals surface area contributed by atoms with Gasteiger partial charge in [0, 0.05) is 55.9 Å². The van der Waals surface area contributed by atoms with Gasteiger partial charge in [-0.15, -0.1) is 0 Å². The standard InChI is InChI=1S/C24H52I2N4/c1-20(2,3)29(21(4,5)6)18-16-28(15-14-27-23(10,11)25)17-19-30(22(7,8)9)24(12,13)26/h27H,14-19H2,1-13H3. The number of rotatable bonds is 11. The molecule has 1 N–H and O–H groups in total. The van der Waals surface area contributed by atoms with E-state index in [4.69, 9.17) is 0 Å². The van der Waals surface area contributed by atoms with Gasteiger partial charge in [-0.2, -0.15) is 0 Å². The van der Waals surface area contributed by atoms with E-state index in [0.29, 0.717) is 0 Å². The molecule has 0 amide bonds. The van der Waals surface area contributed by atoms with Gasteiger partial charge in [0.2, 0.25) is 0 Å². The molecule has 6 heteroatoms. The molecule has 0 aromatic rings. The summed E-state index contributed by atoms with van der Waals surface area (Å²) in [5, 5.41) is 3.66. The number of nitrogens with one attached hydrogen (secondary N) is 1. The van der Waals surface area contributed by atoms with Crippen LogP contribution in [-0.2, 0) is 0 Å². The Hall–Kier alpha value is 1.30. The van der Waals surface area contributed by atoms with E-state index in [0.717, 1.165) is 39.3 Å². The van der Waals surface area contributed by atoms with E-state index >= 15 is 0 Å². The van der Waals surface area contributed by atoms with Crippen molar-refractivity contribution in [3.05, 3.63) is 0 Å². The smallest absolute Gasteiger partial charge is 0.0677 e. The fraction of sp³-hybridized carbons (Fsp3) is 1.00. The Morgan fingerprint density at radius 1 is 0.533 bits per heavy atom. The quantitative estimate of drug-likeness (QED) is 0.163. The first-order valence-corrected chi connectivity index (χ1v) is 13.6. The number of alkyl halides is 2. The minimum Gasteiger partial charge on any atom is -0.302 e. The largest absolute Gasteiger partial charge is 0.302 e. The van der Waals surface area contributed by atoms with Crippen molar-refractivity contribution in [1.29, 1.82) is 0 Å². The average Bonchev–Trinajstić information content (AvgIpc) is 2.39. The van der Waals surface area contributed by atoms with Gasteiger partial charge >= 0.3 is 0 Å². The highest BCUT2D eigenvalue weighted by atomic mass is 127. The molecule has 0 aromatic carbocycles. The van der Waals surface area contributed by atoms with Crippen molar-refractivity contribution in [2.45, 2.75) is 114 Å². The van der Waals surface area contributed by atoms with Gasteiger partial charge in [0.25, 0.3) is 0 Å². The summed E-state index contributed by atoms with van der Waals surface area (Å²) in [6.45, 7) is 36.6. The summed E-state index contributed by atoms with van der Waals surface area (Å²) in [4.78, 5) is 7.93. The Morgan fingerprint density at radius 2 is 0.900 bits per heavy atom. The Morgan fingerprint density at radius 3 is 1.20 bits per heavy atom. The van der Waals surface area contributed by atoms with E-state index in [9.17, 15) is 0 Å². The van der Waals surface area contributed by atoms with Crippen LogP contribution < -0.4 is 5.32 Å². The molecule has 0 aliphatic carbocycles. The predicted molar refractivity (Wildman–Crippen MR) is 153 cm³/mol. The molecule has 4 nitrogen and oxygen atoms in total. The molecule has 0 saturated heterocycles. The molecule has 0 bridgehead atoms. The first-order chi connectivity index (χ1) is 13.0. The van der Waals surface area contributed by atoms with Crippen LogP contribution >= 0.6 is 45.2 Å². The minimum absolute atomic E-state index is 0.132. The van der Waals surface area contributed by atoms with Crippen molar-refractivity contribution >= 4 is 45.2 Å². The van der Waals surface area contributed by atoms with E-state index < -0.39 is 0 Å². The summed E-state index contributed by atoms with van der Waals surface area (Å²) in [7, 11) is 0. The normalized spacial score (nSPS) is 15.0. The van der Waals surface area contributed by atoms with E-state index in [1.165, 1.54) is 0 Å². The van der Waals surface area contributed by atoms with Crippen molar-refractivity contribution in [2.75, 3.05) is 39.3 Å². The molecule has 0 rings (SSSR count). The third-order valence-corrected chi connectivity index (χ3v) is 6.29. The van der Waals surface area contributed by atoms with Gasteiger partial charge in [0.15, 0.2) is 0 Å². The fourth-order valence-corrected chi connectivity index (χ4v) is 5.64. The summed E-state index contributed by atoms with van der Waals surface area (Å²) in [5.41, 5.74) is 0.476. The summed E-state index contributed by atoms with van der Waals surface area (Å²) < 4.78 is 0.265. The van der Waals surface area contributed by atoms with E-state index in [2.05, 4.69) is 155 Å². The lowest BCUT2D eigenvalue weighted by atomic mass is 9.96. The van der Waals surface area contributed by atoms with Crippen LogP contribution in [0.2, 0.25) is 0 Å². The van der Waals surface area contributed by atoms with Gasteiger partial charge < -0.3 is 5.32 Å². The summed E-state index contributed by atoms with van der Waals surface area (Å²) >= 11 is 5.07. The summed E-state index contributed by atoms with van der Waals surface area (Å²) in [5.74, 6) is 0. The third kappa shape index (κ3) is 13.1. The highest BCUT2D eigenvalue weighted by Gasteiger charge is 2.34. The Bertz CT molecular complexity index is 424. The van der Waals surface area contributed by atoms with Crippen LogP contribution in [0, 0.1) is 0 Å². The lowest BCUT2D eigenvalue weighted by Gasteiger charge is -2.47. The van der Waals surface area contributed by atoms with Crippen LogP contribution in [0.15, 0.2) is 0 Å². The van der Waals surface area contributed by atoms with E-state index in [1.54, 1.807) is 0 Å². The predicted octanol–water partition coefficient (Wildman–Crippen LogP) is 6.22. The maximum Gasteiger partial charge on any atom is 0.0677 e. The van der Waals surface area contributed by atoms with Crippen molar-refractivity contribution in [3.8, 4) is 0 Å². The number of hydrogen-bond acceptors (Lipinski definition) is 4. The van der Waals surface area contributed by atoms with Crippen molar-refractivity contribution < 1.29 is 0 Å². The average molecular weight is 651 g/mol. The van der Waals surface area contributed by atoms with Gasteiger partial charge in [0.05, 0.1) is 7.09 Å². The first kappa shape index (κ1) is 31.3. The topological polar surface area (TPSA) is 21.8 Å². The molecule has 0 atom stereocenters. The zero-order valence-corrected chi connectivity index (χ0v) is 26.7. The lowest BCUT2D eigenvalue weighted by molar-refractivity contribution is 0.0238. The maximum atomic E-state index is 3.66.